The number of aliphatic hydroxyl groups excluding tert-OH is 1. The SMILES string of the molecule is C=CCN(Cc1ccccc1)C(=O)[C@H]1[C@H]2C(=O)N([C@@H](CO)C(C)C)C(C(=O)N(CC=C)c3cc(C)ccc3C)C23CC[C@]1(C)O3. The van der Waals surface area contributed by atoms with Crippen LogP contribution in [0.2, 0.25) is 0 Å². The molecule has 3 saturated heterocycles. The van der Waals surface area contributed by atoms with Gasteiger partial charge in [0.2, 0.25) is 11.8 Å². The lowest BCUT2D eigenvalue weighted by Crippen LogP contribution is -2.60. The lowest BCUT2D eigenvalue weighted by molar-refractivity contribution is -0.153. The summed E-state index contributed by atoms with van der Waals surface area (Å²) in [6, 6.07) is 14.0. The molecule has 8 heteroatoms. The van der Waals surface area contributed by atoms with Crippen molar-refractivity contribution in [2.45, 2.75) is 77.3 Å². The summed E-state index contributed by atoms with van der Waals surface area (Å²) in [5.41, 5.74) is 1.49. The number of ether oxygens (including phenoxy) is 1. The largest absolute Gasteiger partial charge is 0.394 e. The highest BCUT2D eigenvalue weighted by Gasteiger charge is 2.79. The van der Waals surface area contributed by atoms with Gasteiger partial charge in [0.25, 0.3) is 5.91 Å². The minimum absolute atomic E-state index is 0.143. The molecule has 0 saturated carbocycles. The average Bonchev–Trinajstić information content (AvgIpc) is 3.58. The molecule has 2 unspecified atom stereocenters. The standard InChI is InChI=1S/C37H47N3O5/c1-8-19-38(22-27-13-11-10-12-14-27)33(42)30-31-34(43)40(29(23-41)24(3)4)32(37(31)18-17-36(30,7)45-37)35(44)39(20-9-2)28-21-25(5)15-16-26(28)6/h8-16,21,24,29-32,41H,1-2,17-20,22-23H2,3-7H3/t29-,30+,31-,32?,36-,37?/m0/s1. The molecular formula is C37H47N3O5. The van der Waals surface area contributed by atoms with E-state index in [0.29, 0.717) is 25.9 Å². The van der Waals surface area contributed by atoms with Gasteiger partial charge in [-0.2, -0.15) is 0 Å². The lowest BCUT2D eigenvalue weighted by atomic mass is 9.66. The van der Waals surface area contributed by atoms with Crippen molar-refractivity contribution in [3.63, 3.8) is 0 Å². The van der Waals surface area contributed by atoms with Gasteiger partial charge >= 0.3 is 0 Å². The van der Waals surface area contributed by atoms with E-state index in [-0.39, 0.29) is 36.8 Å². The van der Waals surface area contributed by atoms with Crippen LogP contribution in [-0.2, 0) is 25.7 Å². The first kappa shape index (κ1) is 32.6. The molecule has 0 aliphatic carbocycles. The van der Waals surface area contributed by atoms with E-state index >= 15 is 0 Å². The monoisotopic (exact) mass is 613 g/mol. The van der Waals surface area contributed by atoms with Gasteiger partial charge in [0.1, 0.15) is 11.6 Å². The van der Waals surface area contributed by atoms with E-state index in [1.165, 1.54) is 0 Å². The molecule has 1 N–H and O–H groups in total. The molecule has 3 aliphatic heterocycles. The highest BCUT2D eigenvalue weighted by molar-refractivity contribution is 6.05. The van der Waals surface area contributed by atoms with Gasteiger partial charge in [-0.25, -0.2) is 0 Å². The molecular weight excluding hydrogens is 566 g/mol. The maximum Gasteiger partial charge on any atom is 0.253 e. The summed E-state index contributed by atoms with van der Waals surface area (Å²) in [6.45, 7) is 18.1. The van der Waals surface area contributed by atoms with E-state index in [1.807, 2.05) is 83.1 Å². The molecule has 2 bridgehead atoms. The number of carbonyl (C=O) groups is 3. The average molecular weight is 614 g/mol. The molecule has 45 heavy (non-hydrogen) atoms. The van der Waals surface area contributed by atoms with Gasteiger partial charge in [-0.05, 0) is 62.3 Å². The van der Waals surface area contributed by atoms with Gasteiger partial charge in [0.05, 0.1) is 30.1 Å². The molecule has 2 aromatic rings. The van der Waals surface area contributed by atoms with Crippen molar-refractivity contribution in [2.24, 2.45) is 17.8 Å². The first-order chi connectivity index (χ1) is 21.4. The van der Waals surface area contributed by atoms with E-state index in [4.69, 9.17) is 4.74 Å². The number of anilines is 1. The van der Waals surface area contributed by atoms with E-state index in [2.05, 4.69) is 13.2 Å². The van der Waals surface area contributed by atoms with Crippen LogP contribution in [0, 0.1) is 31.6 Å². The number of benzene rings is 2. The molecule has 8 nitrogen and oxygen atoms in total. The van der Waals surface area contributed by atoms with Crippen LogP contribution in [0.5, 0.6) is 0 Å². The molecule has 0 aromatic heterocycles. The van der Waals surface area contributed by atoms with E-state index in [1.54, 1.807) is 26.9 Å². The number of hydrogen-bond acceptors (Lipinski definition) is 5. The van der Waals surface area contributed by atoms with Crippen molar-refractivity contribution in [1.82, 2.24) is 9.80 Å². The fraction of sp³-hybridized carbons (Fsp3) is 0.486. The van der Waals surface area contributed by atoms with Crippen molar-refractivity contribution in [1.29, 1.82) is 0 Å². The summed E-state index contributed by atoms with van der Waals surface area (Å²) in [6.07, 6.45) is 4.37. The predicted molar refractivity (Wildman–Crippen MR) is 175 cm³/mol. The van der Waals surface area contributed by atoms with Crippen LogP contribution in [-0.4, -0.2) is 75.6 Å². The molecule has 6 atom stereocenters. The maximum absolute atomic E-state index is 15.0. The normalized spacial score (nSPS) is 27.4. The number of fused-ring (bicyclic) bond motifs is 1. The Hall–Kier alpha value is -3.75. The Balaban J connectivity index is 1.62. The van der Waals surface area contributed by atoms with E-state index in [0.717, 1.165) is 22.4 Å². The Bertz CT molecular complexity index is 1470. The van der Waals surface area contributed by atoms with Gasteiger partial charge in [-0.3, -0.25) is 14.4 Å². The van der Waals surface area contributed by atoms with Crippen LogP contribution < -0.4 is 4.90 Å². The van der Waals surface area contributed by atoms with Crippen molar-refractivity contribution in [2.75, 3.05) is 24.6 Å². The van der Waals surface area contributed by atoms with Crippen LogP contribution in [0.25, 0.3) is 0 Å². The van der Waals surface area contributed by atoms with Gasteiger partial charge in [0.15, 0.2) is 0 Å². The summed E-state index contributed by atoms with van der Waals surface area (Å²) in [7, 11) is 0. The van der Waals surface area contributed by atoms with Gasteiger partial charge in [-0.1, -0.05) is 68.5 Å². The van der Waals surface area contributed by atoms with Crippen LogP contribution in [0.1, 0.15) is 50.3 Å². The zero-order valence-corrected chi connectivity index (χ0v) is 27.2. The van der Waals surface area contributed by atoms with Crippen LogP contribution >= 0.6 is 0 Å². The number of amides is 3. The smallest absolute Gasteiger partial charge is 0.253 e. The molecule has 3 aliphatic rings. The van der Waals surface area contributed by atoms with Crippen molar-refractivity contribution < 1.29 is 24.2 Å². The van der Waals surface area contributed by atoms with E-state index < -0.39 is 35.1 Å². The molecule has 0 radical (unpaired) electrons. The second kappa shape index (κ2) is 12.6. The minimum atomic E-state index is -1.21. The second-order valence-electron chi connectivity index (χ2n) is 13.5. The van der Waals surface area contributed by atoms with Crippen molar-refractivity contribution >= 4 is 23.4 Å². The van der Waals surface area contributed by atoms with Crippen molar-refractivity contribution in [3.05, 3.63) is 90.5 Å². The number of rotatable bonds is 12. The quantitative estimate of drug-likeness (QED) is 0.347. The number of aryl methyl sites for hydroxylation is 2. The number of carbonyl (C=O) groups excluding carboxylic acids is 3. The fourth-order valence-corrected chi connectivity index (χ4v) is 7.98. The zero-order valence-electron chi connectivity index (χ0n) is 27.2. The fourth-order valence-electron chi connectivity index (χ4n) is 7.98. The number of aliphatic hydroxyl groups is 1. The Morgan fingerprint density at radius 1 is 1.07 bits per heavy atom. The summed E-state index contributed by atoms with van der Waals surface area (Å²) in [5, 5.41) is 10.6. The molecule has 1 spiro atoms. The number of hydrogen-bond donors (Lipinski definition) is 1. The van der Waals surface area contributed by atoms with Gasteiger partial charge in [0, 0.05) is 25.3 Å². The highest BCUT2D eigenvalue weighted by Crippen LogP contribution is 2.64. The highest BCUT2D eigenvalue weighted by atomic mass is 16.5. The van der Waals surface area contributed by atoms with E-state index in [9.17, 15) is 19.5 Å². The lowest BCUT2D eigenvalue weighted by Gasteiger charge is -2.41. The van der Waals surface area contributed by atoms with Gasteiger partial charge < -0.3 is 24.5 Å². The van der Waals surface area contributed by atoms with Crippen molar-refractivity contribution in [3.8, 4) is 0 Å². The summed E-state index contributed by atoms with van der Waals surface area (Å²) in [5.74, 6) is -2.57. The molecule has 3 heterocycles. The molecule has 2 aromatic carbocycles. The zero-order chi connectivity index (χ0) is 32.7. The van der Waals surface area contributed by atoms with Crippen LogP contribution in [0.3, 0.4) is 0 Å². The Morgan fingerprint density at radius 2 is 1.76 bits per heavy atom. The number of nitrogens with zero attached hydrogens (tertiary/aromatic N) is 3. The molecule has 5 rings (SSSR count). The van der Waals surface area contributed by atoms with Gasteiger partial charge in [-0.15, -0.1) is 13.2 Å². The summed E-state index contributed by atoms with van der Waals surface area (Å²) >= 11 is 0. The third-order valence-electron chi connectivity index (χ3n) is 10.1. The topological polar surface area (TPSA) is 90.4 Å². The maximum atomic E-state index is 15.0. The minimum Gasteiger partial charge on any atom is -0.394 e. The Kier molecular flexibility index (Phi) is 9.11. The molecule has 3 amide bonds. The molecule has 240 valence electrons. The Morgan fingerprint density at radius 3 is 2.38 bits per heavy atom. The first-order valence-electron chi connectivity index (χ1n) is 16.0. The third kappa shape index (κ3) is 5.42. The first-order valence-corrected chi connectivity index (χ1v) is 16.0. The molecule has 3 fully saturated rings. The van der Waals surface area contributed by atoms with Crippen LogP contribution in [0.4, 0.5) is 5.69 Å². The predicted octanol–water partition coefficient (Wildman–Crippen LogP) is 4.82. The van der Waals surface area contributed by atoms with Crippen LogP contribution in [0.15, 0.2) is 73.8 Å². The Labute approximate surface area is 267 Å². The number of likely N-dealkylation sites (tertiary alicyclic amines) is 1. The third-order valence-corrected chi connectivity index (χ3v) is 10.1. The second-order valence-corrected chi connectivity index (χ2v) is 13.5. The summed E-state index contributed by atoms with van der Waals surface area (Å²) in [4.78, 5) is 49.3. The summed E-state index contributed by atoms with van der Waals surface area (Å²) < 4.78 is 6.92.